The van der Waals surface area contributed by atoms with Crippen LogP contribution in [0.5, 0.6) is 0 Å². The summed E-state index contributed by atoms with van der Waals surface area (Å²) in [6, 6.07) is 0. The van der Waals surface area contributed by atoms with Gasteiger partial charge in [0.05, 0.1) is 24.4 Å². The second kappa shape index (κ2) is 5.65. The molecule has 2 bridgehead atoms. The second-order valence-corrected chi connectivity index (χ2v) is 5.06. The molecule has 2 aliphatic carbocycles. The van der Waals surface area contributed by atoms with Gasteiger partial charge in [-0.2, -0.15) is 0 Å². The summed E-state index contributed by atoms with van der Waals surface area (Å²) in [7, 11) is 0. The van der Waals surface area contributed by atoms with Crippen molar-refractivity contribution in [3.05, 3.63) is 34.4 Å². The van der Waals surface area contributed by atoms with E-state index >= 15 is 0 Å². The summed E-state index contributed by atoms with van der Waals surface area (Å²) in [5.41, 5.74) is 3.14. The van der Waals surface area contributed by atoms with Gasteiger partial charge in [-0.1, -0.05) is 17.7 Å². The Kier molecular flexibility index (Phi) is 4.12. The molecule has 0 aromatic rings. The number of hydrogen-bond donors (Lipinski definition) is 0. The van der Waals surface area contributed by atoms with Gasteiger partial charge in [-0.05, 0) is 33.3 Å². The summed E-state index contributed by atoms with van der Waals surface area (Å²) in [6.07, 6.45) is 3.95. The van der Waals surface area contributed by atoms with Gasteiger partial charge in [0, 0.05) is 11.8 Å². The quantitative estimate of drug-likeness (QED) is 0.585. The van der Waals surface area contributed by atoms with E-state index in [9.17, 15) is 9.59 Å². The van der Waals surface area contributed by atoms with Crippen LogP contribution in [0.4, 0.5) is 0 Å². The summed E-state index contributed by atoms with van der Waals surface area (Å²) >= 11 is 0. The van der Waals surface area contributed by atoms with Crippen molar-refractivity contribution in [2.75, 3.05) is 13.2 Å². The van der Waals surface area contributed by atoms with Crippen molar-refractivity contribution in [1.82, 2.24) is 0 Å². The maximum Gasteiger partial charge on any atom is 0.335 e. The zero-order valence-electron chi connectivity index (χ0n) is 12.4. The standard InChI is InChI=1S/C16H20O4/c1-5-19-15(17)13-10-7-8-11(12(10)9(3)4)14(13)16(18)20-6-2/h7-8,10-11H,5-6H2,1-4H3. The number of carbonyl (C=O) groups is 2. The number of carbonyl (C=O) groups excluding carboxylic acids is 2. The lowest BCUT2D eigenvalue weighted by Crippen LogP contribution is -2.19. The number of esters is 2. The van der Waals surface area contributed by atoms with Crippen LogP contribution in [0.2, 0.25) is 0 Å². The number of fused-ring (bicyclic) bond motifs is 2. The van der Waals surface area contributed by atoms with Crippen molar-refractivity contribution in [1.29, 1.82) is 0 Å². The Morgan fingerprint density at radius 2 is 1.35 bits per heavy atom. The van der Waals surface area contributed by atoms with E-state index in [0.29, 0.717) is 24.4 Å². The Morgan fingerprint density at radius 1 is 0.950 bits per heavy atom. The van der Waals surface area contributed by atoms with Crippen molar-refractivity contribution in [3.8, 4) is 0 Å². The van der Waals surface area contributed by atoms with Crippen LogP contribution in [0.3, 0.4) is 0 Å². The molecule has 0 aromatic heterocycles. The van der Waals surface area contributed by atoms with E-state index in [0.717, 1.165) is 11.1 Å². The van der Waals surface area contributed by atoms with Gasteiger partial charge in [-0.15, -0.1) is 0 Å². The SMILES string of the molecule is CCOC(=O)C1=C(C(=O)OCC)C2C=CC1C2=C(C)C. The number of rotatable bonds is 4. The van der Waals surface area contributed by atoms with E-state index in [4.69, 9.17) is 9.47 Å². The molecular weight excluding hydrogens is 256 g/mol. The summed E-state index contributed by atoms with van der Waals surface area (Å²) in [5.74, 6) is -1.09. The Balaban J connectivity index is 2.47. The van der Waals surface area contributed by atoms with Crippen molar-refractivity contribution in [3.63, 3.8) is 0 Å². The molecule has 0 fully saturated rings. The lowest BCUT2D eigenvalue weighted by molar-refractivity contribution is -0.142. The lowest BCUT2D eigenvalue weighted by Gasteiger charge is -2.13. The Bertz CT molecular complexity index is 493. The van der Waals surface area contributed by atoms with Crippen LogP contribution < -0.4 is 0 Å². The third-order valence-electron chi connectivity index (χ3n) is 3.65. The van der Waals surface area contributed by atoms with Gasteiger partial charge in [0.15, 0.2) is 0 Å². The largest absolute Gasteiger partial charge is 0.463 e. The number of allylic oxidation sites excluding steroid dienone is 4. The van der Waals surface area contributed by atoms with Crippen LogP contribution in [0.25, 0.3) is 0 Å². The van der Waals surface area contributed by atoms with E-state index < -0.39 is 11.9 Å². The molecule has 0 N–H and O–H groups in total. The van der Waals surface area contributed by atoms with E-state index in [1.807, 2.05) is 26.0 Å². The summed E-state index contributed by atoms with van der Waals surface area (Å²) in [4.78, 5) is 24.4. The molecule has 4 heteroatoms. The summed E-state index contributed by atoms with van der Waals surface area (Å²) in [5, 5.41) is 0. The molecule has 0 aliphatic heterocycles. The Morgan fingerprint density at radius 3 is 1.65 bits per heavy atom. The third-order valence-corrected chi connectivity index (χ3v) is 3.65. The molecule has 4 nitrogen and oxygen atoms in total. The fraction of sp³-hybridized carbons (Fsp3) is 0.500. The average molecular weight is 276 g/mol. The topological polar surface area (TPSA) is 52.6 Å². The summed E-state index contributed by atoms with van der Waals surface area (Å²) < 4.78 is 10.2. The van der Waals surface area contributed by atoms with Crippen molar-refractivity contribution in [2.45, 2.75) is 27.7 Å². The van der Waals surface area contributed by atoms with Gasteiger partial charge < -0.3 is 9.47 Å². The molecule has 20 heavy (non-hydrogen) atoms. The molecule has 2 rings (SSSR count). The third kappa shape index (κ3) is 2.19. The highest BCUT2D eigenvalue weighted by molar-refractivity contribution is 6.05. The van der Waals surface area contributed by atoms with Crippen molar-refractivity contribution >= 4 is 11.9 Å². The average Bonchev–Trinajstić information content (AvgIpc) is 2.94. The van der Waals surface area contributed by atoms with Gasteiger partial charge in [-0.25, -0.2) is 9.59 Å². The van der Waals surface area contributed by atoms with Gasteiger partial charge in [0.1, 0.15) is 0 Å². The van der Waals surface area contributed by atoms with Crippen LogP contribution in [0.15, 0.2) is 34.4 Å². The molecule has 108 valence electrons. The maximum atomic E-state index is 12.2. The molecule has 0 heterocycles. The van der Waals surface area contributed by atoms with E-state index in [-0.39, 0.29) is 11.8 Å². The Labute approximate surface area is 119 Å². The maximum absolute atomic E-state index is 12.2. The minimum Gasteiger partial charge on any atom is -0.463 e. The van der Waals surface area contributed by atoms with E-state index in [2.05, 4.69) is 0 Å². The first-order chi connectivity index (χ1) is 9.52. The van der Waals surface area contributed by atoms with Crippen LogP contribution in [-0.2, 0) is 19.1 Å². The molecule has 0 saturated carbocycles. The van der Waals surface area contributed by atoms with Crippen LogP contribution in [-0.4, -0.2) is 25.2 Å². The monoisotopic (exact) mass is 276 g/mol. The highest BCUT2D eigenvalue weighted by atomic mass is 16.5. The fourth-order valence-corrected chi connectivity index (χ4v) is 2.98. The molecule has 2 unspecified atom stereocenters. The minimum absolute atomic E-state index is 0.136. The van der Waals surface area contributed by atoms with Gasteiger partial charge in [0.25, 0.3) is 0 Å². The van der Waals surface area contributed by atoms with Crippen LogP contribution in [0, 0.1) is 11.8 Å². The normalized spacial score (nSPS) is 23.3. The first-order valence-electron chi connectivity index (χ1n) is 6.96. The van der Waals surface area contributed by atoms with E-state index in [1.165, 1.54) is 0 Å². The number of hydrogen-bond acceptors (Lipinski definition) is 4. The van der Waals surface area contributed by atoms with Crippen LogP contribution >= 0.6 is 0 Å². The first-order valence-corrected chi connectivity index (χ1v) is 6.96. The lowest BCUT2D eigenvalue weighted by atomic mass is 9.95. The predicted octanol–water partition coefficient (Wildman–Crippen LogP) is 2.56. The first kappa shape index (κ1) is 14.6. The zero-order valence-corrected chi connectivity index (χ0v) is 12.4. The van der Waals surface area contributed by atoms with Gasteiger partial charge in [-0.3, -0.25) is 0 Å². The molecule has 0 amide bonds. The molecule has 2 atom stereocenters. The number of ether oxygens (including phenoxy) is 2. The molecule has 0 saturated heterocycles. The smallest absolute Gasteiger partial charge is 0.335 e. The van der Waals surface area contributed by atoms with Gasteiger partial charge in [0.2, 0.25) is 0 Å². The molecule has 0 spiro atoms. The second-order valence-electron chi connectivity index (χ2n) is 5.06. The molecular formula is C16H20O4. The highest BCUT2D eigenvalue weighted by Crippen LogP contribution is 2.50. The van der Waals surface area contributed by atoms with Crippen LogP contribution in [0.1, 0.15) is 27.7 Å². The molecule has 2 aliphatic rings. The minimum atomic E-state index is -0.411. The Hall–Kier alpha value is -1.84. The fourth-order valence-electron chi connectivity index (χ4n) is 2.98. The zero-order chi connectivity index (χ0) is 14.9. The summed E-state index contributed by atoms with van der Waals surface area (Å²) in [6.45, 7) is 8.10. The van der Waals surface area contributed by atoms with Crippen molar-refractivity contribution < 1.29 is 19.1 Å². The van der Waals surface area contributed by atoms with Crippen molar-refractivity contribution in [2.24, 2.45) is 11.8 Å². The predicted molar refractivity (Wildman–Crippen MR) is 74.8 cm³/mol. The highest BCUT2D eigenvalue weighted by Gasteiger charge is 2.46. The molecule has 0 radical (unpaired) electrons. The van der Waals surface area contributed by atoms with E-state index in [1.54, 1.807) is 13.8 Å². The molecule has 0 aromatic carbocycles. The van der Waals surface area contributed by atoms with Gasteiger partial charge >= 0.3 is 11.9 Å².